The lowest BCUT2D eigenvalue weighted by molar-refractivity contribution is 0.00464. The Morgan fingerprint density at radius 3 is 2.38 bits per heavy atom. The van der Waals surface area contributed by atoms with Crippen LogP contribution in [0.25, 0.3) is 0 Å². The van der Waals surface area contributed by atoms with Gasteiger partial charge >= 0.3 is 6.09 Å². The maximum atomic E-state index is 14.1. The lowest BCUT2D eigenvalue weighted by atomic mass is 9.76. The van der Waals surface area contributed by atoms with E-state index < -0.39 is 17.6 Å². The maximum Gasteiger partial charge on any atom is 0.410 e. The van der Waals surface area contributed by atoms with E-state index in [1.54, 1.807) is 4.90 Å². The predicted octanol–water partition coefficient (Wildman–Crippen LogP) is 5.12. The molecular formula is C23H23F2NO3. The lowest BCUT2D eigenvalue weighted by Gasteiger charge is -2.47. The number of ketones is 1. The number of carbonyl (C=O) groups is 2. The molecular weight excluding hydrogens is 376 g/mol. The minimum Gasteiger partial charge on any atom is -0.445 e. The van der Waals surface area contributed by atoms with Gasteiger partial charge in [0.15, 0.2) is 5.78 Å². The highest BCUT2D eigenvalue weighted by atomic mass is 19.1. The summed E-state index contributed by atoms with van der Waals surface area (Å²) < 4.78 is 33.1. The van der Waals surface area contributed by atoms with Gasteiger partial charge in [0, 0.05) is 18.0 Å². The SMILES string of the molecule is O=C(c1cc(F)ccc1F)C1CC2CCCC(C1)N2C(=O)OCc1ccccc1. The monoisotopic (exact) mass is 399 g/mol. The first-order valence-electron chi connectivity index (χ1n) is 10.0. The molecule has 29 heavy (non-hydrogen) atoms. The molecule has 152 valence electrons. The van der Waals surface area contributed by atoms with Crippen LogP contribution in [0.15, 0.2) is 48.5 Å². The number of nitrogens with zero attached hydrogens (tertiary/aromatic N) is 1. The van der Waals surface area contributed by atoms with Crippen LogP contribution in [-0.4, -0.2) is 28.9 Å². The number of hydrogen-bond donors (Lipinski definition) is 0. The standard InChI is InChI=1S/C23H23F2NO3/c24-17-9-10-21(25)20(13-17)22(27)16-11-18-7-4-8-19(12-16)26(18)23(28)29-14-15-5-2-1-3-6-15/h1-3,5-6,9-10,13,16,18-19H,4,7-8,11-12,14H2. The zero-order valence-electron chi connectivity index (χ0n) is 16.0. The van der Waals surface area contributed by atoms with E-state index >= 15 is 0 Å². The second kappa shape index (κ2) is 8.31. The van der Waals surface area contributed by atoms with Gasteiger partial charge < -0.3 is 9.64 Å². The van der Waals surface area contributed by atoms with Gasteiger partial charge in [0.05, 0.1) is 5.56 Å². The third-order valence-electron chi connectivity index (χ3n) is 5.96. The maximum absolute atomic E-state index is 14.1. The van der Waals surface area contributed by atoms with Crippen LogP contribution in [0.5, 0.6) is 0 Å². The van der Waals surface area contributed by atoms with Gasteiger partial charge in [-0.05, 0) is 55.9 Å². The van der Waals surface area contributed by atoms with Gasteiger partial charge in [-0.15, -0.1) is 0 Å². The van der Waals surface area contributed by atoms with Crippen molar-refractivity contribution >= 4 is 11.9 Å². The molecule has 0 aromatic heterocycles. The Hall–Kier alpha value is -2.76. The van der Waals surface area contributed by atoms with Crippen LogP contribution >= 0.6 is 0 Å². The molecule has 2 aromatic carbocycles. The second-order valence-corrected chi connectivity index (χ2v) is 7.84. The molecule has 2 atom stereocenters. The van der Waals surface area contributed by atoms with Crippen molar-refractivity contribution in [2.45, 2.75) is 50.8 Å². The Morgan fingerprint density at radius 2 is 1.69 bits per heavy atom. The average molecular weight is 399 g/mol. The van der Waals surface area contributed by atoms with Crippen molar-refractivity contribution in [1.29, 1.82) is 0 Å². The molecule has 2 aromatic rings. The quantitative estimate of drug-likeness (QED) is 0.671. The van der Waals surface area contributed by atoms with Gasteiger partial charge in [0.2, 0.25) is 0 Å². The molecule has 2 bridgehead atoms. The number of halogens is 2. The molecule has 0 radical (unpaired) electrons. The Labute approximate surface area is 168 Å². The van der Waals surface area contributed by atoms with E-state index in [9.17, 15) is 18.4 Å². The van der Waals surface area contributed by atoms with Gasteiger partial charge in [-0.2, -0.15) is 0 Å². The summed E-state index contributed by atoms with van der Waals surface area (Å²) in [6.07, 6.45) is 3.08. The third kappa shape index (κ3) is 4.16. The first kappa shape index (κ1) is 19.6. The van der Waals surface area contributed by atoms with E-state index in [-0.39, 0.29) is 36.1 Å². The number of amides is 1. The van der Waals surface area contributed by atoms with E-state index in [1.807, 2.05) is 30.3 Å². The molecule has 4 rings (SSSR count). The van der Waals surface area contributed by atoms with Crippen molar-refractivity contribution in [2.24, 2.45) is 5.92 Å². The van der Waals surface area contributed by atoms with Gasteiger partial charge in [0.1, 0.15) is 18.2 Å². The molecule has 2 saturated heterocycles. The van der Waals surface area contributed by atoms with Crippen LogP contribution in [0.2, 0.25) is 0 Å². The fraction of sp³-hybridized carbons (Fsp3) is 0.391. The van der Waals surface area contributed by atoms with Crippen LogP contribution in [0.1, 0.15) is 48.0 Å². The Balaban J connectivity index is 1.45. The number of piperidine rings is 2. The first-order chi connectivity index (χ1) is 14.0. The predicted molar refractivity (Wildman–Crippen MR) is 103 cm³/mol. The summed E-state index contributed by atoms with van der Waals surface area (Å²) in [6.45, 7) is 0.201. The molecule has 0 aliphatic carbocycles. The molecule has 2 aliphatic heterocycles. The molecule has 0 saturated carbocycles. The van der Waals surface area contributed by atoms with Crippen molar-refractivity contribution in [3.8, 4) is 0 Å². The summed E-state index contributed by atoms with van der Waals surface area (Å²) in [5.74, 6) is -2.13. The molecule has 1 amide bonds. The Morgan fingerprint density at radius 1 is 1.00 bits per heavy atom. The topological polar surface area (TPSA) is 46.6 Å². The summed E-state index contributed by atoms with van der Waals surface area (Å²) in [5, 5.41) is 0. The largest absolute Gasteiger partial charge is 0.445 e. The number of hydrogen-bond acceptors (Lipinski definition) is 3. The number of carbonyl (C=O) groups excluding carboxylic acids is 2. The number of benzene rings is 2. The van der Waals surface area contributed by atoms with Crippen molar-refractivity contribution in [1.82, 2.24) is 4.90 Å². The third-order valence-corrected chi connectivity index (χ3v) is 5.96. The first-order valence-corrected chi connectivity index (χ1v) is 10.0. The number of rotatable bonds is 4. The molecule has 2 unspecified atom stereocenters. The normalized spacial score (nSPS) is 23.5. The van der Waals surface area contributed by atoms with Gasteiger partial charge in [-0.1, -0.05) is 30.3 Å². The Bertz CT molecular complexity index is 888. The van der Waals surface area contributed by atoms with Crippen molar-refractivity contribution in [3.05, 3.63) is 71.3 Å². The highest BCUT2D eigenvalue weighted by Crippen LogP contribution is 2.39. The van der Waals surface area contributed by atoms with Crippen LogP contribution in [0.3, 0.4) is 0 Å². The van der Waals surface area contributed by atoms with Crippen molar-refractivity contribution in [3.63, 3.8) is 0 Å². The van der Waals surface area contributed by atoms with Crippen LogP contribution < -0.4 is 0 Å². The van der Waals surface area contributed by atoms with E-state index in [0.717, 1.165) is 43.0 Å². The number of ether oxygens (including phenoxy) is 1. The van der Waals surface area contributed by atoms with Gasteiger partial charge in [0.25, 0.3) is 0 Å². The average Bonchev–Trinajstić information content (AvgIpc) is 2.73. The smallest absolute Gasteiger partial charge is 0.410 e. The van der Waals surface area contributed by atoms with Crippen molar-refractivity contribution in [2.75, 3.05) is 0 Å². The summed E-state index contributed by atoms with van der Waals surface area (Å²) >= 11 is 0. The molecule has 2 fully saturated rings. The van der Waals surface area contributed by atoms with Crippen LogP contribution in [-0.2, 0) is 11.3 Å². The minimum absolute atomic E-state index is 0.114. The highest BCUT2D eigenvalue weighted by molar-refractivity contribution is 5.98. The van der Waals surface area contributed by atoms with Crippen LogP contribution in [0.4, 0.5) is 13.6 Å². The molecule has 0 spiro atoms. The zero-order chi connectivity index (χ0) is 20.4. The molecule has 2 aliphatic rings. The summed E-state index contributed by atoms with van der Waals surface area (Å²) in [5.41, 5.74) is 0.714. The summed E-state index contributed by atoms with van der Waals surface area (Å²) in [4.78, 5) is 27.4. The van der Waals surface area contributed by atoms with E-state index in [4.69, 9.17) is 4.74 Å². The summed E-state index contributed by atoms with van der Waals surface area (Å²) in [6, 6.07) is 12.2. The van der Waals surface area contributed by atoms with Gasteiger partial charge in [-0.25, -0.2) is 13.6 Å². The van der Waals surface area contributed by atoms with Gasteiger partial charge in [-0.3, -0.25) is 4.79 Å². The number of Topliss-reactive ketones (excluding diaryl/α,β-unsaturated/α-hetero) is 1. The lowest BCUT2D eigenvalue weighted by Crippen LogP contribution is -2.55. The molecule has 4 nitrogen and oxygen atoms in total. The van der Waals surface area contributed by atoms with Crippen molar-refractivity contribution < 1.29 is 23.1 Å². The van der Waals surface area contributed by atoms with E-state index in [2.05, 4.69) is 0 Å². The van der Waals surface area contributed by atoms with E-state index in [1.165, 1.54) is 0 Å². The second-order valence-electron chi connectivity index (χ2n) is 7.84. The fourth-order valence-electron chi connectivity index (χ4n) is 4.59. The Kier molecular flexibility index (Phi) is 5.60. The van der Waals surface area contributed by atoms with E-state index in [0.29, 0.717) is 12.8 Å². The summed E-state index contributed by atoms with van der Waals surface area (Å²) in [7, 11) is 0. The highest BCUT2D eigenvalue weighted by Gasteiger charge is 2.44. The minimum atomic E-state index is -0.703. The zero-order valence-corrected chi connectivity index (χ0v) is 16.0. The fourth-order valence-corrected chi connectivity index (χ4v) is 4.59. The number of fused-ring (bicyclic) bond motifs is 2. The van der Waals surface area contributed by atoms with Crippen LogP contribution in [0, 0.1) is 17.6 Å². The molecule has 0 N–H and O–H groups in total. The molecule has 6 heteroatoms. The molecule has 2 heterocycles.